The summed E-state index contributed by atoms with van der Waals surface area (Å²) in [7, 11) is 0. The molecule has 3 aromatic rings. The number of carbonyl (C=O) groups is 1. The lowest BCUT2D eigenvalue weighted by molar-refractivity contribution is 0.250. The fraction of sp³-hybridized carbons (Fsp3) is 0.182. The third kappa shape index (κ3) is 4.14. The van der Waals surface area contributed by atoms with Crippen LogP contribution >= 0.6 is 11.3 Å². The number of amides is 2. The second kappa shape index (κ2) is 8.05. The first-order valence-corrected chi connectivity index (χ1v) is 10.0. The van der Waals surface area contributed by atoms with E-state index in [1.54, 1.807) is 36.6 Å². The van der Waals surface area contributed by atoms with Gasteiger partial charge in [-0.05, 0) is 49.1 Å². The summed E-state index contributed by atoms with van der Waals surface area (Å²) in [5.41, 5.74) is 3.16. The number of aryl methyl sites for hydroxylation is 2. The van der Waals surface area contributed by atoms with Crippen molar-refractivity contribution in [3.63, 3.8) is 0 Å². The normalized spacial score (nSPS) is 15.8. The van der Waals surface area contributed by atoms with Gasteiger partial charge in [0.25, 0.3) is 0 Å². The second-order valence-corrected chi connectivity index (χ2v) is 7.93. The number of nitrogens with one attached hydrogen (secondary N) is 2. The number of aromatic nitrogens is 1. The van der Waals surface area contributed by atoms with E-state index in [2.05, 4.69) is 34.7 Å². The summed E-state index contributed by atoms with van der Waals surface area (Å²) in [4.78, 5) is 18.4. The predicted octanol–water partition coefficient (Wildman–Crippen LogP) is 5.69. The summed E-state index contributed by atoms with van der Waals surface area (Å²) >= 11 is 1.65. The maximum absolute atomic E-state index is 13.9. The van der Waals surface area contributed by atoms with E-state index < -0.39 is 11.8 Å². The number of urea groups is 1. The highest BCUT2D eigenvalue weighted by Crippen LogP contribution is 2.36. The van der Waals surface area contributed by atoms with Crippen molar-refractivity contribution in [1.29, 1.82) is 0 Å². The fourth-order valence-corrected chi connectivity index (χ4v) is 4.38. The first-order chi connectivity index (χ1) is 14.0. The number of rotatable bonds is 4. The van der Waals surface area contributed by atoms with Gasteiger partial charge in [-0.15, -0.1) is 11.3 Å². The van der Waals surface area contributed by atoms with Crippen LogP contribution in [0.25, 0.3) is 16.2 Å². The maximum Gasteiger partial charge on any atom is 0.319 e. The van der Waals surface area contributed by atoms with Crippen molar-refractivity contribution in [3.8, 4) is 10.6 Å². The topological polar surface area (TPSA) is 67.2 Å². The minimum atomic E-state index is -0.447. The Morgan fingerprint density at radius 3 is 2.86 bits per heavy atom. The summed E-state index contributed by atoms with van der Waals surface area (Å²) < 4.78 is 19.3. The molecule has 1 atom stereocenters. The third-order valence-electron chi connectivity index (χ3n) is 4.73. The Hall–Kier alpha value is -3.19. The molecule has 0 saturated carbocycles. The number of benzene rings is 1. The van der Waals surface area contributed by atoms with Gasteiger partial charge in [-0.2, -0.15) is 0 Å². The van der Waals surface area contributed by atoms with Crippen molar-refractivity contribution in [2.45, 2.75) is 26.3 Å². The molecule has 29 heavy (non-hydrogen) atoms. The molecule has 0 spiro atoms. The molecule has 7 heteroatoms. The molecule has 0 saturated heterocycles. The van der Waals surface area contributed by atoms with Gasteiger partial charge in [-0.25, -0.2) is 14.2 Å². The lowest BCUT2D eigenvalue weighted by atomic mass is 10.0. The van der Waals surface area contributed by atoms with Gasteiger partial charge in [0.1, 0.15) is 5.82 Å². The molecule has 5 nitrogen and oxygen atoms in total. The zero-order valence-electron chi connectivity index (χ0n) is 16.0. The molecule has 0 aliphatic heterocycles. The zero-order chi connectivity index (χ0) is 20.4. The lowest BCUT2D eigenvalue weighted by Crippen LogP contribution is -2.37. The highest BCUT2D eigenvalue weighted by Gasteiger charge is 2.17. The summed E-state index contributed by atoms with van der Waals surface area (Å²) in [5.74, 6) is 0.307. The van der Waals surface area contributed by atoms with Crippen LogP contribution in [-0.2, 0) is 0 Å². The predicted molar refractivity (Wildman–Crippen MR) is 113 cm³/mol. The van der Waals surface area contributed by atoms with Gasteiger partial charge in [0.15, 0.2) is 12.2 Å². The summed E-state index contributed by atoms with van der Waals surface area (Å²) in [6.45, 7) is 3.82. The van der Waals surface area contributed by atoms with Crippen LogP contribution in [-0.4, -0.2) is 17.1 Å². The SMILES string of the molecule is Cc1cc(-c2cnco2)sc1C1=CCC(NC(=O)Nc2c(C)cccc2F)C=C1. The van der Waals surface area contributed by atoms with Crippen LogP contribution in [0.5, 0.6) is 0 Å². The van der Waals surface area contributed by atoms with E-state index in [0.717, 1.165) is 26.7 Å². The first kappa shape index (κ1) is 19.1. The number of allylic oxidation sites excluding steroid dienone is 2. The van der Waals surface area contributed by atoms with Gasteiger partial charge < -0.3 is 15.1 Å². The van der Waals surface area contributed by atoms with Crippen molar-refractivity contribution >= 4 is 28.6 Å². The average molecular weight is 409 g/mol. The van der Waals surface area contributed by atoms with Gasteiger partial charge >= 0.3 is 6.03 Å². The molecule has 2 amide bonds. The van der Waals surface area contributed by atoms with E-state index in [1.807, 2.05) is 12.2 Å². The highest BCUT2D eigenvalue weighted by molar-refractivity contribution is 7.16. The average Bonchev–Trinajstić information content (AvgIpc) is 3.35. The zero-order valence-corrected chi connectivity index (χ0v) is 16.8. The van der Waals surface area contributed by atoms with E-state index in [4.69, 9.17) is 4.42 Å². The largest absolute Gasteiger partial charge is 0.443 e. The Balaban J connectivity index is 1.40. The summed E-state index contributed by atoms with van der Waals surface area (Å²) in [5, 5.41) is 5.47. The monoisotopic (exact) mass is 409 g/mol. The van der Waals surface area contributed by atoms with Crippen molar-refractivity contribution in [1.82, 2.24) is 10.3 Å². The summed E-state index contributed by atoms with van der Waals surface area (Å²) in [6, 6.07) is 6.21. The lowest BCUT2D eigenvalue weighted by Gasteiger charge is -2.19. The number of anilines is 1. The Bertz CT molecular complexity index is 1080. The van der Waals surface area contributed by atoms with E-state index in [-0.39, 0.29) is 11.7 Å². The van der Waals surface area contributed by atoms with Crippen LogP contribution in [0.2, 0.25) is 0 Å². The quantitative estimate of drug-likeness (QED) is 0.581. The van der Waals surface area contributed by atoms with E-state index >= 15 is 0 Å². The third-order valence-corrected chi connectivity index (χ3v) is 6.03. The van der Waals surface area contributed by atoms with Gasteiger partial charge in [-0.1, -0.05) is 30.4 Å². The van der Waals surface area contributed by atoms with Gasteiger partial charge in [0.05, 0.1) is 22.8 Å². The molecule has 2 aromatic heterocycles. The molecule has 1 aliphatic carbocycles. The van der Waals surface area contributed by atoms with Crippen molar-refractivity contribution in [2.24, 2.45) is 0 Å². The van der Waals surface area contributed by atoms with E-state index in [0.29, 0.717) is 12.0 Å². The Kier molecular flexibility index (Phi) is 5.31. The van der Waals surface area contributed by atoms with Crippen molar-refractivity contribution < 1.29 is 13.6 Å². The Morgan fingerprint density at radius 2 is 2.17 bits per heavy atom. The number of carbonyl (C=O) groups excluding carboxylic acids is 1. The molecular formula is C22H20FN3O2S. The van der Waals surface area contributed by atoms with Crippen molar-refractivity contribution in [2.75, 3.05) is 5.32 Å². The number of thiophene rings is 1. The molecule has 0 bridgehead atoms. The van der Waals surface area contributed by atoms with E-state index in [1.165, 1.54) is 12.5 Å². The van der Waals surface area contributed by atoms with Gasteiger partial charge in [0.2, 0.25) is 0 Å². The highest BCUT2D eigenvalue weighted by atomic mass is 32.1. The van der Waals surface area contributed by atoms with Crippen molar-refractivity contribution in [3.05, 3.63) is 76.9 Å². The molecule has 148 valence electrons. The number of hydrogen-bond acceptors (Lipinski definition) is 4. The Morgan fingerprint density at radius 1 is 1.31 bits per heavy atom. The molecule has 4 rings (SSSR count). The Labute approximate surface area is 172 Å². The molecule has 2 heterocycles. The van der Waals surface area contributed by atoms with Crippen LogP contribution in [0.4, 0.5) is 14.9 Å². The molecule has 1 unspecified atom stereocenters. The van der Waals surface area contributed by atoms with Crippen LogP contribution < -0.4 is 10.6 Å². The maximum atomic E-state index is 13.9. The number of hydrogen-bond donors (Lipinski definition) is 2. The van der Waals surface area contributed by atoms with Crippen LogP contribution in [0.3, 0.4) is 0 Å². The molecule has 1 aromatic carbocycles. The fourth-order valence-electron chi connectivity index (χ4n) is 3.23. The van der Waals surface area contributed by atoms with Crippen LogP contribution in [0, 0.1) is 19.7 Å². The second-order valence-electron chi connectivity index (χ2n) is 6.88. The standard InChI is InChI=1S/C22H20FN3O2S/c1-13-4-3-5-17(23)20(13)26-22(27)25-16-8-6-15(7-9-16)21-14(2)10-19(29-21)18-11-24-12-28-18/h3-8,10-12,16H,9H2,1-2H3,(H2,25,26,27). The molecule has 0 radical (unpaired) electrons. The number of nitrogens with zero attached hydrogens (tertiary/aromatic N) is 1. The van der Waals surface area contributed by atoms with Gasteiger partial charge in [-0.3, -0.25) is 0 Å². The molecular weight excluding hydrogens is 389 g/mol. The first-order valence-electron chi connectivity index (χ1n) is 9.22. The van der Waals surface area contributed by atoms with Gasteiger partial charge in [0, 0.05) is 4.88 Å². The number of halogens is 1. The molecule has 0 fully saturated rings. The molecule has 2 N–H and O–H groups in total. The number of oxazole rings is 1. The minimum absolute atomic E-state index is 0.153. The smallest absolute Gasteiger partial charge is 0.319 e. The van der Waals surface area contributed by atoms with E-state index in [9.17, 15) is 9.18 Å². The van der Waals surface area contributed by atoms with Crippen LogP contribution in [0.1, 0.15) is 22.4 Å². The van der Waals surface area contributed by atoms with Crippen LogP contribution in [0.15, 0.2) is 59.5 Å². The number of para-hydroxylation sites is 1. The summed E-state index contributed by atoms with van der Waals surface area (Å²) in [6.07, 6.45) is 9.85. The minimum Gasteiger partial charge on any atom is -0.443 e. The molecule has 1 aliphatic rings.